The smallest absolute Gasteiger partial charge is 0.170 e. The predicted octanol–water partition coefficient (Wildman–Crippen LogP) is 3.56. The van der Waals surface area contributed by atoms with Crippen LogP contribution in [0, 0.1) is 6.92 Å². The van der Waals surface area contributed by atoms with E-state index in [0.29, 0.717) is 30.0 Å². The maximum atomic E-state index is 12.8. The third-order valence-corrected chi connectivity index (χ3v) is 5.63. The van der Waals surface area contributed by atoms with E-state index >= 15 is 0 Å². The van der Waals surface area contributed by atoms with Crippen molar-refractivity contribution in [3.63, 3.8) is 0 Å². The Hall–Kier alpha value is -3.15. The third kappa shape index (κ3) is 2.68. The molecular formula is C22H21N3O3. The molecule has 3 aromatic rings. The summed E-state index contributed by atoms with van der Waals surface area (Å²) in [7, 11) is 1.60. The topological polar surface area (TPSA) is 64.5 Å². The molecule has 0 aliphatic carbocycles. The van der Waals surface area contributed by atoms with Gasteiger partial charge in [-0.2, -0.15) is 0 Å². The van der Waals surface area contributed by atoms with Crippen LogP contribution in [0.15, 0.2) is 42.5 Å². The molecule has 2 aromatic carbocycles. The largest absolute Gasteiger partial charge is 0.497 e. The number of benzene rings is 2. The number of anilines is 1. The van der Waals surface area contributed by atoms with Crippen molar-refractivity contribution in [3.05, 3.63) is 53.7 Å². The molecule has 0 N–H and O–H groups in total. The number of aryl methyl sites for hydroxylation is 1. The van der Waals surface area contributed by atoms with E-state index in [1.807, 2.05) is 43.3 Å². The second-order valence-corrected chi connectivity index (χ2v) is 7.54. The zero-order chi connectivity index (χ0) is 19.3. The third-order valence-electron chi connectivity index (χ3n) is 5.63. The molecule has 1 saturated heterocycles. The van der Waals surface area contributed by atoms with Crippen molar-refractivity contribution < 1.29 is 14.3 Å². The molecule has 1 aromatic heterocycles. The van der Waals surface area contributed by atoms with E-state index in [9.17, 15) is 4.79 Å². The molecule has 5 rings (SSSR count). The Morgan fingerprint density at radius 1 is 1.14 bits per heavy atom. The number of rotatable bonds is 2. The number of methoxy groups -OCH3 is 1. The second kappa shape index (κ2) is 6.19. The van der Waals surface area contributed by atoms with Crippen molar-refractivity contribution in [2.75, 3.05) is 25.1 Å². The van der Waals surface area contributed by atoms with Crippen molar-refractivity contribution in [1.82, 2.24) is 9.97 Å². The standard InChI is InChI=1S/C22H21N3O3/c1-14-21(24-18-6-4-3-5-17(18)23-14)25-10-9-22(13-25)12-19(26)16-11-15(27-2)7-8-20(16)28-22/h3-8,11H,9-10,12-13H2,1-2H3. The van der Waals surface area contributed by atoms with Crippen LogP contribution in [0.25, 0.3) is 11.0 Å². The molecule has 2 aliphatic rings. The minimum Gasteiger partial charge on any atom is -0.497 e. The van der Waals surface area contributed by atoms with E-state index in [1.54, 1.807) is 13.2 Å². The molecule has 0 bridgehead atoms. The first-order valence-corrected chi connectivity index (χ1v) is 9.45. The number of nitrogens with zero attached hydrogens (tertiary/aromatic N) is 3. The highest BCUT2D eigenvalue weighted by Crippen LogP contribution is 2.41. The molecule has 3 heterocycles. The van der Waals surface area contributed by atoms with Gasteiger partial charge in [-0.15, -0.1) is 0 Å². The van der Waals surface area contributed by atoms with Crippen LogP contribution in [0.2, 0.25) is 0 Å². The van der Waals surface area contributed by atoms with Gasteiger partial charge in [0.25, 0.3) is 0 Å². The Morgan fingerprint density at radius 2 is 1.93 bits per heavy atom. The van der Waals surface area contributed by atoms with Gasteiger partial charge in [0.15, 0.2) is 11.6 Å². The van der Waals surface area contributed by atoms with Crippen LogP contribution in [0.1, 0.15) is 28.9 Å². The van der Waals surface area contributed by atoms with Gasteiger partial charge in [-0.1, -0.05) is 12.1 Å². The van der Waals surface area contributed by atoms with Crippen molar-refractivity contribution in [3.8, 4) is 11.5 Å². The summed E-state index contributed by atoms with van der Waals surface area (Å²) in [6, 6.07) is 13.3. The molecule has 1 spiro atoms. The Kier molecular flexibility index (Phi) is 3.75. The van der Waals surface area contributed by atoms with Gasteiger partial charge in [0.2, 0.25) is 0 Å². The molecule has 28 heavy (non-hydrogen) atoms. The second-order valence-electron chi connectivity index (χ2n) is 7.54. The average Bonchev–Trinajstić information content (AvgIpc) is 3.10. The summed E-state index contributed by atoms with van der Waals surface area (Å²) in [4.78, 5) is 24.5. The monoisotopic (exact) mass is 375 g/mol. The lowest BCUT2D eigenvalue weighted by atomic mass is 9.89. The van der Waals surface area contributed by atoms with Crippen molar-refractivity contribution in [2.24, 2.45) is 0 Å². The summed E-state index contributed by atoms with van der Waals surface area (Å²) >= 11 is 0. The first-order valence-electron chi connectivity index (χ1n) is 9.45. The number of hydrogen-bond donors (Lipinski definition) is 0. The molecule has 6 heteroatoms. The lowest BCUT2D eigenvalue weighted by Gasteiger charge is -2.35. The zero-order valence-corrected chi connectivity index (χ0v) is 15.9. The molecule has 2 aliphatic heterocycles. The van der Waals surface area contributed by atoms with E-state index in [-0.39, 0.29) is 5.78 Å². The highest BCUT2D eigenvalue weighted by atomic mass is 16.5. The van der Waals surface area contributed by atoms with E-state index in [2.05, 4.69) is 4.90 Å². The molecule has 1 atom stereocenters. The molecule has 1 unspecified atom stereocenters. The first kappa shape index (κ1) is 17.0. The fraction of sp³-hybridized carbons (Fsp3) is 0.318. The maximum absolute atomic E-state index is 12.8. The van der Waals surface area contributed by atoms with Gasteiger partial charge in [0.05, 0.1) is 42.4 Å². The number of ether oxygens (including phenoxy) is 2. The molecule has 142 valence electrons. The molecular weight excluding hydrogens is 354 g/mol. The lowest BCUT2D eigenvalue weighted by Crippen LogP contribution is -2.44. The van der Waals surface area contributed by atoms with E-state index in [1.165, 1.54) is 0 Å². The fourth-order valence-electron chi connectivity index (χ4n) is 4.23. The highest BCUT2D eigenvalue weighted by molar-refractivity contribution is 6.01. The van der Waals surface area contributed by atoms with Gasteiger partial charge in [-0.3, -0.25) is 4.79 Å². The van der Waals surface area contributed by atoms with Crippen LogP contribution in [-0.4, -0.2) is 41.6 Å². The van der Waals surface area contributed by atoms with E-state index in [0.717, 1.165) is 35.5 Å². The van der Waals surface area contributed by atoms with Crippen LogP contribution >= 0.6 is 0 Å². The van der Waals surface area contributed by atoms with Gasteiger partial charge in [-0.25, -0.2) is 9.97 Å². The molecule has 0 saturated carbocycles. The van der Waals surface area contributed by atoms with Crippen LogP contribution in [0.5, 0.6) is 11.5 Å². The molecule has 6 nitrogen and oxygen atoms in total. The van der Waals surface area contributed by atoms with E-state index in [4.69, 9.17) is 19.4 Å². The molecule has 0 radical (unpaired) electrons. The maximum Gasteiger partial charge on any atom is 0.170 e. The Labute approximate surface area is 163 Å². The summed E-state index contributed by atoms with van der Waals surface area (Å²) < 4.78 is 11.6. The van der Waals surface area contributed by atoms with Gasteiger partial charge < -0.3 is 14.4 Å². The predicted molar refractivity (Wildman–Crippen MR) is 106 cm³/mol. The quantitative estimate of drug-likeness (QED) is 0.682. The van der Waals surface area contributed by atoms with Gasteiger partial charge in [-0.05, 0) is 37.3 Å². The zero-order valence-electron chi connectivity index (χ0n) is 15.9. The number of carbonyl (C=O) groups is 1. The van der Waals surface area contributed by atoms with Crippen molar-refractivity contribution in [2.45, 2.75) is 25.4 Å². The Balaban J connectivity index is 1.46. The summed E-state index contributed by atoms with van der Waals surface area (Å²) in [5.41, 5.74) is 2.75. The number of ketones is 1. The fourth-order valence-corrected chi connectivity index (χ4v) is 4.23. The summed E-state index contributed by atoms with van der Waals surface area (Å²) in [6.45, 7) is 3.39. The summed E-state index contributed by atoms with van der Waals surface area (Å²) in [6.07, 6.45) is 1.14. The van der Waals surface area contributed by atoms with Crippen molar-refractivity contribution >= 4 is 22.6 Å². The van der Waals surface area contributed by atoms with Crippen LogP contribution < -0.4 is 14.4 Å². The normalized spacial score (nSPS) is 21.1. The highest BCUT2D eigenvalue weighted by Gasteiger charge is 2.46. The van der Waals surface area contributed by atoms with Gasteiger partial charge in [0, 0.05) is 13.0 Å². The van der Waals surface area contributed by atoms with Crippen molar-refractivity contribution in [1.29, 1.82) is 0 Å². The number of aromatic nitrogens is 2. The average molecular weight is 375 g/mol. The first-order chi connectivity index (χ1) is 13.6. The number of para-hydroxylation sites is 2. The SMILES string of the molecule is COc1ccc2c(c1)C(=O)CC1(CCN(c3nc4ccccc4nc3C)C1)O2. The van der Waals surface area contributed by atoms with Gasteiger partial charge in [0.1, 0.15) is 17.1 Å². The lowest BCUT2D eigenvalue weighted by molar-refractivity contribution is 0.0537. The molecule has 0 amide bonds. The number of Topliss-reactive ketones (excluding diaryl/α,β-unsaturated/α-hetero) is 1. The number of hydrogen-bond acceptors (Lipinski definition) is 6. The number of fused-ring (bicyclic) bond motifs is 2. The number of carbonyl (C=O) groups excluding carboxylic acids is 1. The van der Waals surface area contributed by atoms with E-state index < -0.39 is 5.60 Å². The Bertz CT molecular complexity index is 1100. The molecule has 1 fully saturated rings. The summed E-state index contributed by atoms with van der Waals surface area (Å²) in [5.74, 6) is 2.28. The Morgan fingerprint density at radius 3 is 2.71 bits per heavy atom. The minimum absolute atomic E-state index is 0.100. The van der Waals surface area contributed by atoms with Gasteiger partial charge >= 0.3 is 0 Å². The van der Waals surface area contributed by atoms with Crippen LogP contribution in [-0.2, 0) is 0 Å². The summed E-state index contributed by atoms with van der Waals surface area (Å²) in [5, 5.41) is 0. The van der Waals surface area contributed by atoms with Crippen LogP contribution in [0.4, 0.5) is 5.82 Å². The van der Waals surface area contributed by atoms with Crippen LogP contribution in [0.3, 0.4) is 0 Å². The minimum atomic E-state index is -0.515.